The number of hydrogen-bond donors (Lipinski definition) is 2. The Kier molecular flexibility index (Phi) is 1.41. The van der Waals surface area contributed by atoms with E-state index in [0.29, 0.717) is 5.56 Å². The third-order valence-electron chi connectivity index (χ3n) is 1.98. The van der Waals surface area contributed by atoms with Crippen molar-refractivity contribution < 1.29 is 9.90 Å². The summed E-state index contributed by atoms with van der Waals surface area (Å²) in [5.74, 6) is -0.242. The van der Waals surface area contributed by atoms with Crippen molar-refractivity contribution in [1.29, 1.82) is 0 Å². The molecule has 0 radical (unpaired) electrons. The van der Waals surface area contributed by atoms with Gasteiger partial charge in [-0.05, 0) is 19.1 Å². The Hall–Kier alpha value is -1.35. The van der Waals surface area contributed by atoms with Gasteiger partial charge in [-0.2, -0.15) is 0 Å². The Morgan fingerprint density at radius 2 is 2.25 bits per heavy atom. The molecule has 12 heavy (non-hydrogen) atoms. The summed E-state index contributed by atoms with van der Waals surface area (Å²) in [7, 11) is 0. The highest BCUT2D eigenvalue weighted by atomic mass is 16.3. The monoisotopic (exact) mass is 163 g/mol. The highest BCUT2D eigenvalue weighted by Crippen LogP contribution is 2.25. The average Bonchev–Trinajstić information content (AvgIpc) is 2.31. The van der Waals surface area contributed by atoms with Crippen LogP contribution in [-0.4, -0.2) is 17.1 Å². The Bertz CT molecular complexity index is 346. The van der Waals surface area contributed by atoms with Crippen LogP contribution in [0.25, 0.3) is 0 Å². The molecule has 1 aliphatic rings. The fraction of sp³-hybridized carbons (Fsp3) is 0.222. The molecule has 0 amide bonds. The smallest absolute Gasteiger partial charge is 0.213 e. The number of nitrogens with one attached hydrogen (secondary N) is 1. The van der Waals surface area contributed by atoms with Crippen molar-refractivity contribution in [3.63, 3.8) is 0 Å². The number of aryl methyl sites for hydroxylation is 1. The largest absolute Gasteiger partial charge is 0.367 e. The lowest BCUT2D eigenvalue weighted by Crippen LogP contribution is -2.20. The van der Waals surface area contributed by atoms with Crippen molar-refractivity contribution >= 4 is 11.5 Å². The number of aliphatic hydroxyl groups is 1. The van der Waals surface area contributed by atoms with Crippen LogP contribution in [0.1, 0.15) is 15.9 Å². The summed E-state index contributed by atoms with van der Waals surface area (Å²) in [5, 5.41) is 11.8. The van der Waals surface area contributed by atoms with Crippen molar-refractivity contribution in [2.75, 3.05) is 5.32 Å². The lowest BCUT2D eigenvalue weighted by atomic mass is 10.1. The number of aliphatic hydroxyl groups excluding tert-OH is 1. The van der Waals surface area contributed by atoms with E-state index in [4.69, 9.17) is 5.11 Å². The summed E-state index contributed by atoms with van der Waals surface area (Å²) in [4.78, 5) is 11.2. The van der Waals surface area contributed by atoms with E-state index >= 15 is 0 Å². The minimum atomic E-state index is -1.05. The van der Waals surface area contributed by atoms with Gasteiger partial charge in [0, 0.05) is 11.3 Å². The number of hydrogen-bond acceptors (Lipinski definition) is 3. The maximum Gasteiger partial charge on any atom is 0.213 e. The van der Waals surface area contributed by atoms with Gasteiger partial charge in [-0.15, -0.1) is 0 Å². The van der Waals surface area contributed by atoms with E-state index in [9.17, 15) is 4.79 Å². The average molecular weight is 163 g/mol. The fourth-order valence-electron chi connectivity index (χ4n) is 1.35. The van der Waals surface area contributed by atoms with E-state index in [1.165, 1.54) is 0 Å². The van der Waals surface area contributed by atoms with Crippen LogP contribution in [0.3, 0.4) is 0 Å². The van der Waals surface area contributed by atoms with Crippen LogP contribution in [0.15, 0.2) is 18.2 Å². The fourth-order valence-corrected chi connectivity index (χ4v) is 1.35. The molecule has 1 atom stereocenters. The molecule has 0 saturated heterocycles. The number of ketones is 1. The van der Waals surface area contributed by atoms with Crippen LogP contribution in [0.4, 0.5) is 5.69 Å². The Labute approximate surface area is 70.0 Å². The first-order chi connectivity index (χ1) is 5.68. The molecule has 1 unspecified atom stereocenters. The van der Waals surface area contributed by atoms with E-state index in [1.54, 1.807) is 12.1 Å². The van der Waals surface area contributed by atoms with Gasteiger partial charge < -0.3 is 10.4 Å². The number of Topliss-reactive ketones (excluding diaryl/α,β-unsaturated/α-hetero) is 1. The van der Waals surface area contributed by atoms with Gasteiger partial charge in [0.2, 0.25) is 5.78 Å². The SMILES string of the molecule is Cc1ccc2c(c1)C(=O)C(O)N2. The van der Waals surface area contributed by atoms with E-state index in [-0.39, 0.29) is 5.78 Å². The van der Waals surface area contributed by atoms with E-state index < -0.39 is 6.23 Å². The van der Waals surface area contributed by atoms with Crippen LogP contribution in [0.5, 0.6) is 0 Å². The molecule has 3 nitrogen and oxygen atoms in total. The highest BCUT2D eigenvalue weighted by Gasteiger charge is 2.27. The molecule has 1 heterocycles. The van der Waals surface area contributed by atoms with Crippen molar-refractivity contribution in [2.24, 2.45) is 0 Å². The quantitative estimate of drug-likeness (QED) is 0.598. The molecule has 0 spiro atoms. The number of fused-ring (bicyclic) bond motifs is 1. The summed E-state index contributed by atoms with van der Waals surface area (Å²) >= 11 is 0. The van der Waals surface area contributed by atoms with Crippen molar-refractivity contribution in [2.45, 2.75) is 13.2 Å². The van der Waals surface area contributed by atoms with Crippen LogP contribution in [-0.2, 0) is 0 Å². The molecular formula is C9H9NO2. The third-order valence-corrected chi connectivity index (χ3v) is 1.98. The predicted molar refractivity (Wildman–Crippen MR) is 45.1 cm³/mol. The molecule has 3 heteroatoms. The summed E-state index contributed by atoms with van der Waals surface area (Å²) < 4.78 is 0. The van der Waals surface area contributed by atoms with E-state index in [0.717, 1.165) is 11.3 Å². The number of carbonyl (C=O) groups excluding carboxylic acids is 1. The number of benzene rings is 1. The molecule has 62 valence electrons. The molecule has 0 saturated carbocycles. The molecular weight excluding hydrogens is 154 g/mol. The summed E-state index contributed by atoms with van der Waals surface area (Å²) in [6.45, 7) is 1.91. The molecule has 1 aromatic carbocycles. The van der Waals surface area contributed by atoms with Gasteiger partial charge in [-0.1, -0.05) is 11.6 Å². The van der Waals surface area contributed by atoms with Gasteiger partial charge in [0.15, 0.2) is 6.23 Å². The third kappa shape index (κ3) is 0.905. The van der Waals surface area contributed by atoms with Gasteiger partial charge in [-0.25, -0.2) is 0 Å². The van der Waals surface area contributed by atoms with E-state index in [2.05, 4.69) is 5.32 Å². The standard InChI is InChI=1S/C9H9NO2/c1-5-2-3-7-6(4-5)8(11)9(12)10-7/h2-4,9-10,12H,1H3. The molecule has 2 rings (SSSR count). The molecule has 1 aromatic rings. The zero-order chi connectivity index (χ0) is 8.72. The second-order valence-electron chi connectivity index (χ2n) is 2.96. The van der Waals surface area contributed by atoms with Crippen molar-refractivity contribution in [1.82, 2.24) is 0 Å². The zero-order valence-corrected chi connectivity index (χ0v) is 6.66. The van der Waals surface area contributed by atoms with Gasteiger partial charge >= 0.3 is 0 Å². The second-order valence-corrected chi connectivity index (χ2v) is 2.96. The molecule has 1 aliphatic heterocycles. The summed E-state index contributed by atoms with van der Waals surface area (Å²) in [5.41, 5.74) is 2.33. The minimum absolute atomic E-state index is 0.242. The molecule has 0 aliphatic carbocycles. The first kappa shape index (κ1) is 7.31. The number of anilines is 1. The first-order valence-electron chi connectivity index (χ1n) is 3.78. The van der Waals surface area contributed by atoms with Crippen LogP contribution < -0.4 is 5.32 Å². The highest BCUT2D eigenvalue weighted by molar-refractivity contribution is 6.09. The van der Waals surface area contributed by atoms with Crippen molar-refractivity contribution in [3.8, 4) is 0 Å². The maximum atomic E-state index is 11.2. The minimum Gasteiger partial charge on any atom is -0.367 e. The second kappa shape index (κ2) is 2.32. The maximum absolute atomic E-state index is 11.2. The van der Waals surface area contributed by atoms with Crippen molar-refractivity contribution in [3.05, 3.63) is 29.3 Å². The topological polar surface area (TPSA) is 49.3 Å². The molecule has 2 N–H and O–H groups in total. The molecule has 0 bridgehead atoms. The first-order valence-corrected chi connectivity index (χ1v) is 3.78. The van der Waals surface area contributed by atoms with Gasteiger partial charge in [0.1, 0.15) is 0 Å². The predicted octanol–water partition coefficient (Wildman–Crippen LogP) is 0.922. The van der Waals surface area contributed by atoms with E-state index in [1.807, 2.05) is 13.0 Å². The van der Waals surface area contributed by atoms with Crippen LogP contribution >= 0.6 is 0 Å². The lowest BCUT2D eigenvalue weighted by molar-refractivity contribution is 0.0814. The summed E-state index contributed by atoms with van der Waals surface area (Å²) in [6.07, 6.45) is -1.05. The van der Waals surface area contributed by atoms with Gasteiger partial charge in [-0.3, -0.25) is 4.79 Å². The Balaban J connectivity index is 2.56. The zero-order valence-electron chi connectivity index (χ0n) is 6.66. The lowest BCUT2D eigenvalue weighted by Gasteiger charge is -1.98. The molecule has 0 fully saturated rings. The van der Waals surface area contributed by atoms with Crippen LogP contribution in [0, 0.1) is 6.92 Å². The normalized spacial score (nSPS) is 20.5. The molecule has 0 aromatic heterocycles. The van der Waals surface area contributed by atoms with Gasteiger partial charge in [0.05, 0.1) is 0 Å². The number of rotatable bonds is 0. The Morgan fingerprint density at radius 3 is 3.00 bits per heavy atom. The Morgan fingerprint density at radius 1 is 1.50 bits per heavy atom. The van der Waals surface area contributed by atoms with Crippen LogP contribution in [0.2, 0.25) is 0 Å². The summed E-state index contributed by atoms with van der Waals surface area (Å²) in [6, 6.07) is 5.48. The number of carbonyl (C=O) groups is 1. The van der Waals surface area contributed by atoms with Gasteiger partial charge in [0.25, 0.3) is 0 Å².